The molecule has 0 spiro atoms. The lowest BCUT2D eigenvalue weighted by molar-refractivity contribution is -0.115. The average Bonchev–Trinajstić information content (AvgIpc) is 2.62. The molecule has 0 aliphatic rings. The summed E-state index contributed by atoms with van der Waals surface area (Å²) in [4.78, 5) is 35.5. The standard InChI is InChI=1S/C20H22N2O4/c1-3-26-20(25)17-9-4-5-10-18(17)22-19(24)11-12-21-16-8-6-7-15(13-16)14(2)23/h4-10,13,21H,3,11-12H2,1-2H3,(H,22,24). The second-order valence-corrected chi connectivity index (χ2v) is 5.63. The minimum Gasteiger partial charge on any atom is -0.462 e. The van der Waals surface area contributed by atoms with Gasteiger partial charge in [-0.25, -0.2) is 4.79 Å². The number of nitrogens with one attached hydrogen (secondary N) is 2. The molecular weight excluding hydrogens is 332 g/mol. The largest absolute Gasteiger partial charge is 0.462 e. The van der Waals surface area contributed by atoms with Gasteiger partial charge in [-0.05, 0) is 38.1 Å². The zero-order valence-corrected chi connectivity index (χ0v) is 14.9. The summed E-state index contributed by atoms with van der Waals surface area (Å²) in [5, 5.41) is 5.84. The van der Waals surface area contributed by atoms with Crippen LogP contribution in [0.25, 0.3) is 0 Å². The van der Waals surface area contributed by atoms with Crippen LogP contribution >= 0.6 is 0 Å². The molecule has 2 aromatic carbocycles. The Kier molecular flexibility index (Phi) is 6.91. The molecule has 136 valence electrons. The molecule has 0 radical (unpaired) electrons. The minimum absolute atomic E-state index is 0.0121. The molecule has 0 aliphatic carbocycles. The molecule has 0 bridgehead atoms. The van der Waals surface area contributed by atoms with Gasteiger partial charge in [0, 0.05) is 24.2 Å². The number of carbonyl (C=O) groups excluding carboxylic acids is 3. The molecule has 0 saturated carbocycles. The molecule has 0 heterocycles. The van der Waals surface area contributed by atoms with Gasteiger partial charge in [0.25, 0.3) is 0 Å². The molecule has 2 rings (SSSR count). The van der Waals surface area contributed by atoms with Crippen LogP contribution in [0.2, 0.25) is 0 Å². The van der Waals surface area contributed by atoms with Crippen molar-refractivity contribution in [3.05, 3.63) is 59.7 Å². The van der Waals surface area contributed by atoms with Crippen LogP contribution in [0.5, 0.6) is 0 Å². The molecular formula is C20H22N2O4. The summed E-state index contributed by atoms with van der Waals surface area (Å²) < 4.78 is 4.99. The van der Waals surface area contributed by atoms with Crippen LogP contribution < -0.4 is 10.6 Å². The SMILES string of the molecule is CCOC(=O)c1ccccc1NC(=O)CCNc1cccc(C(C)=O)c1. The summed E-state index contributed by atoms with van der Waals surface area (Å²) >= 11 is 0. The maximum Gasteiger partial charge on any atom is 0.340 e. The van der Waals surface area contributed by atoms with Crippen molar-refractivity contribution in [3.8, 4) is 0 Å². The Hall–Kier alpha value is -3.15. The highest BCUT2D eigenvalue weighted by atomic mass is 16.5. The number of para-hydroxylation sites is 1. The highest BCUT2D eigenvalue weighted by Crippen LogP contribution is 2.17. The third kappa shape index (κ3) is 5.44. The third-order valence-electron chi connectivity index (χ3n) is 3.65. The summed E-state index contributed by atoms with van der Waals surface area (Å²) in [7, 11) is 0. The number of benzene rings is 2. The number of Topliss-reactive ketones (excluding diaryl/α,β-unsaturated/α-hetero) is 1. The zero-order chi connectivity index (χ0) is 18.9. The van der Waals surface area contributed by atoms with Gasteiger partial charge < -0.3 is 15.4 Å². The first-order valence-electron chi connectivity index (χ1n) is 8.42. The normalized spacial score (nSPS) is 10.1. The number of ether oxygens (including phenoxy) is 1. The topological polar surface area (TPSA) is 84.5 Å². The van der Waals surface area contributed by atoms with E-state index >= 15 is 0 Å². The monoisotopic (exact) mass is 354 g/mol. The lowest BCUT2D eigenvalue weighted by atomic mass is 10.1. The smallest absolute Gasteiger partial charge is 0.340 e. The number of esters is 1. The van der Waals surface area contributed by atoms with E-state index in [1.165, 1.54) is 6.92 Å². The Balaban J connectivity index is 1.91. The summed E-state index contributed by atoms with van der Waals surface area (Å²) in [6.07, 6.45) is 0.210. The second kappa shape index (κ2) is 9.36. The van der Waals surface area contributed by atoms with Gasteiger partial charge in [-0.3, -0.25) is 9.59 Å². The van der Waals surface area contributed by atoms with Crippen LogP contribution in [-0.2, 0) is 9.53 Å². The minimum atomic E-state index is -0.470. The highest BCUT2D eigenvalue weighted by molar-refractivity contribution is 6.01. The first kappa shape index (κ1) is 19.2. The molecule has 2 N–H and O–H groups in total. The van der Waals surface area contributed by atoms with Crippen LogP contribution in [0.3, 0.4) is 0 Å². The van der Waals surface area contributed by atoms with Crippen LogP contribution in [-0.4, -0.2) is 30.8 Å². The molecule has 0 fully saturated rings. The van der Waals surface area contributed by atoms with E-state index in [0.29, 0.717) is 23.4 Å². The molecule has 0 atom stereocenters. The quantitative estimate of drug-likeness (QED) is 0.560. The lowest BCUT2D eigenvalue weighted by Gasteiger charge is -2.11. The number of hydrogen-bond acceptors (Lipinski definition) is 5. The van der Waals surface area contributed by atoms with Gasteiger partial charge in [-0.2, -0.15) is 0 Å². The molecule has 26 heavy (non-hydrogen) atoms. The average molecular weight is 354 g/mol. The van der Waals surface area contributed by atoms with E-state index in [-0.39, 0.29) is 24.7 Å². The van der Waals surface area contributed by atoms with Crippen molar-refractivity contribution < 1.29 is 19.1 Å². The maximum absolute atomic E-state index is 12.2. The second-order valence-electron chi connectivity index (χ2n) is 5.63. The van der Waals surface area contributed by atoms with Gasteiger partial charge in [0.05, 0.1) is 17.9 Å². The van der Waals surface area contributed by atoms with Gasteiger partial charge in [-0.1, -0.05) is 24.3 Å². The van der Waals surface area contributed by atoms with Crippen LogP contribution in [0.4, 0.5) is 11.4 Å². The van der Waals surface area contributed by atoms with Crippen LogP contribution in [0, 0.1) is 0 Å². The van der Waals surface area contributed by atoms with Crippen molar-refractivity contribution in [2.24, 2.45) is 0 Å². The van der Waals surface area contributed by atoms with E-state index in [1.54, 1.807) is 49.4 Å². The summed E-state index contributed by atoms with van der Waals surface area (Å²) in [5.41, 5.74) is 2.14. The summed E-state index contributed by atoms with van der Waals surface area (Å²) in [5.74, 6) is -0.707. The Morgan fingerprint density at radius 2 is 1.81 bits per heavy atom. The number of anilines is 2. The fraction of sp³-hybridized carbons (Fsp3) is 0.250. The number of hydrogen-bond donors (Lipinski definition) is 2. The molecule has 2 aromatic rings. The fourth-order valence-electron chi connectivity index (χ4n) is 2.36. The van der Waals surface area contributed by atoms with Crippen LogP contribution in [0.15, 0.2) is 48.5 Å². The van der Waals surface area contributed by atoms with E-state index in [0.717, 1.165) is 5.69 Å². The van der Waals surface area contributed by atoms with E-state index in [2.05, 4.69) is 10.6 Å². The summed E-state index contributed by atoms with van der Waals surface area (Å²) in [6.45, 7) is 3.90. The Bertz CT molecular complexity index is 802. The van der Waals surface area contributed by atoms with E-state index < -0.39 is 5.97 Å². The van der Waals surface area contributed by atoms with Gasteiger partial charge in [0.2, 0.25) is 5.91 Å². The molecule has 6 nitrogen and oxygen atoms in total. The van der Waals surface area contributed by atoms with Crippen molar-refractivity contribution in [1.82, 2.24) is 0 Å². The van der Waals surface area contributed by atoms with Crippen LogP contribution in [0.1, 0.15) is 41.0 Å². The maximum atomic E-state index is 12.2. The molecule has 0 unspecified atom stereocenters. The van der Waals surface area contributed by atoms with Gasteiger partial charge in [-0.15, -0.1) is 0 Å². The van der Waals surface area contributed by atoms with Gasteiger partial charge in [0.15, 0.2) is 5.78 Å². The highest BCUT2D eigenvalue weighted by Gasteiger charge is 2.13. The molecule has 0 aliphatic heterocycles. The van der Waals surface area contributed by atoms with E-state index in [9.17, 15) is 14.4 Å². The number of carbonyl (C=O) groups is 3. The van der Waals surface area contributed by atoms with Crippen molar-refractivity contribution in [1.29, 1.82) is 0 Å². The number of ketones is 1. The zero-order valence-electron chi connectivity index (χ0n) is 14.9. The van der Waals surface area contributed by atoms with E-state index in [1.807, 2.05) is 6.07 Å². The van der Waals surface area contributed by atoms with Crippen molar-refractivity contribution >= 4 is 29.0 Å². The Morgan fingerprint density at radius 1 is 1.04 bits per heavy atom. The van der Waals surface area contributed by atoms with Crippen molar-refractivity contribution in [2.45, 2.75) is 20.3 Å². The predicted octanol–water partition coefficient (Wildman–Crippen LogP) is 3.51. The van der Waals surface area contributed by atoms with Crippen molar-refractivity contribution in [3.63, 3.8) is 0 Å². The van der Waals surface area contributed by atoms with E-state index in [4.69, 9.17) is 4.74 Å². The molecule has 0 aromatic heterocycles. The Morgan fingerprint density at radius 3 is 2.54 bits per heavy atom. The number of rotatable bonds is 8. The first-order valence-corrected chi connectivity index (χ1v) is 8.42. The first-order chi connectivity index (χ1) is 12.5. The van der Waals surface area contributed by atoms with Crippen molar-refractivity contribution in [2.75, 3.05) is 23.8 Å². The van der Waals surface area contributed by atoms with Gasteiger partial charge >= 0.3 is 5.97 Å². The summed E-state index contributed by atoms with van der Waals surface area (Å²) in [6, 6.07) is 13.8. The molecule has 0 saturated heterocycles. The fourth-order valence-corrected chi connectivity index (χ4v) is 2.36. The third-order valence-corrected chi connectivity index (χ3v) is 3.65. The predicted molar refractivity (Wildman–Crippen MR) is 101 cm³/mol. The number of amides is 1. The molecule has 6 heteroatoms. The Labute approximate surface area is 152 Å². The molecule has 1 amide bonds. The lowest BCUT2D eigenvalue weighted by Crippen LogP contribution is -2.18. The van der Waals surface area contributed by atoms with Gasteiger partial charge in [0.1, 0.15) is 0 Å².